The second-order valence-electron chi connectivity index (χ2n) is 5.93. The van der Waals surface area contributed by atoms with Crippen LogP contribution >= 0.6 is 0 Å². The Hall–Kier alpha value is -0.410. The van der Waals surface area contributed by atoms with Gasteiger partial charge in [0.05, 0.1) is 6.61 Å². The molecule has 0 saturated heterocycles. The van der Waals surface area contributed by atoms with Crippen LogP contribution < -0.4 is 0 Å². The van der Waals surface area contributed by atoms with Gasteiger partial charge in [-0.3, -0.25) is 9.69 Å². The number of ketones is 1. The summed E-state index contributed by atoms with van der Waals surface area (Å²) in [5, 5.41) is 9.03. The molecule has 0 spiro atoms. The van der Waals surface area contributed by atoms with Crippen molar-refractivity contribution in [2.45, 2.75) is 45.6 Å². The Kier molecular flexibility index (Phi) is 3.36. The molecule has 16 heavy (non-hydrogen) atoms. The lowest BCUT2D eigenvalue weighted by atomic mass is 9.89. The third-order valence-corrected chi connectivity index (χ3v) is 4.06. The average Bonchev–Trinajstić information content (AvgIpc) is 3.01. The van der Waals surface area contributed by atoms with Crippen LogP contribution in [0.1, 0.15) is 39.5 Å². The lowest BCUT2D eigenvalue weighted by Crippen LogP contribution is -2.36. The van der Waals surface area contributed by atoms with E-state index in [0.29, 0.717) is 11.8 Å². The normalized spacial score (nSPS) is 29.0. The minimum atomic E-state index is -0.112. The van der Waals surface area contributed by atoms with E-state index in [0.717, 1.165) is 25.9 Å². The van der Waals surface area contributed by atoms with Crippen molar-refractivity contribution < 1.29 is 9.90 Å². The smallest absolute Gasteiger partial charge is 0.142 e. The molecule has 0 heterocycles. The molecule has 3 nitrogen and oxygen atoms in total. The van der Waals surface area contributed by atoms with Crippen LogP contribution in [0.5, 0.6) is 0 Å². The molecule has 0 aromatic rings. The summed E-state index contributed by atoms with van der Waals surface area (Å²) in [7, 11) is 0. The van der Waals surface area contributed by atoms with Gasteiger partial charge in [-0.15, -0.1) is 0 Å². The first-order chi connectivity index (χ1) is 7.54. The number of rotatable bonds is 5. The molecule has 1 unspecified atom stereocenters. The zero-order chi connectivity index (χ0) is 11.8. The summed E-state index contributed by atoms with van der Waals surface area (Å²) >= 11 is 0. The van der Waals surface area contributed by atoms with Crippen molar-refractivity contribution in [3.63, 3.8) is 0 Å². The summed E-state index contributed by atoms with van der Waals surface area (Å²) < 4.78 is 0. The maximum atomic E-state index is 12.1. The second kappa shape index (κ2) is 4.46. The van der Waals surface area contributed by atoms with E-state index in [2.05, 4.69) is 18.7 Å². The molecule has 0 aliphatic heterocycles. The van der Waals surface area contributed by atoms with E-state index in [9.17, 15) is 4.79 Å². The molecule has 1 atom stereocenters. The lowest BCUT2D eigenvalue weighted by Gasteiger charge is -2.24. The molecule has 2 aliphatic rings. The Balaban J connectivity index is 1.91. The van der Waals surface area contributed by atoms with Gasteiger partial charge in [0.15, 0.2) is 0 Å². The Morgan fingerprint density at radius 3 is 2.50 bits per heavy atom. The highest BCUT2D eigenvalue weighted by Gasteiger charge is 2.42. The maximum Gasteiger partial charge on any atom is 0.142 e. The molecule has 2 rings (SSSR count). The van der Waals surface area contributed by atoms with Crippen molar-refractivity contribution in [2.75, 3.05) is 19.7 Å². The minimum Gasteiger partial charge on any atom is -0.395 e. The van der Waals surface area contributed by atoms with Crippen molar-refractivity contribution in [3.8, 4) is 0 Å². The standard InChI is InChI=1S/C13H23NO2/c1-13(2)6-5-10(12(13)16)9-14(7-8-15)11-3-4-11/h10-11,15H,3-9H2,1-2H3. The quantitative estimate of drug-likeness (QED) is 0.770. The van der Waals surface area contributed by atoms with Gasteiger partial charge in [0.2, 0.25) is 0 Å². The van der Waals surface area contributed by atoms with E-state index in [1.54, 1.807) is 0 Å². The molecule has 2 saturated carbocycles. The summed E-state index contributed by atoms with van der Waals surface area (Å²) in [6.45, 7) is 5.93. The van der Waals surface area contributed by atoms with Crippen molar-refractivity contribution in [1.29, 1.82) is 0 Å². The number of carbonyl (C=O) groups excluding carboxylic acids is 1. The molecule has 0 amide bonds. The van der Waals surface area contributed by atoms with Crippen LogP contribution in [0.25, 0.3) is 0 Å². The van der Waals surface area contributed by atoms with E-state index >= 15 is 0 Å². The summed E-state index contributed by atoms with van der Waals surface area (Å²) in [6, 6.07) is 0.642. The van der Waals surface area contributed by atoms with E-state index < -0.39 is 0 Å². The third-order valence-electron chi connectivity index (χ3n) is 4.06. The fourth-order valence-corrected chi connectivity index (χ4v) is 2.79. The molecule has 0 bridgehead atoms. The van der Waals surface area contributed by atoms with Gasteiger partial charge in [-0.2, -0.15) is 0 Å². The van der Waals surface area contributed by atoms with Gasteiger partial charge in [-0.1, -0.05) is 13.8 Å². The molecule has 1 N–H and O–H groups in total. The Morgan fingerprint density at radius 2 is 2.06 bits per heavy atom. The molecular weight excluding hydrogens is 202 g/mol. The van der Waals surface area contributed by atoms with Crippen LogP contribution in [0.2, 0.25) is 0 Å². The van der Waals surface area contributed by atoms with Gasteiger partial charge >= 0.3 is 0 Å². The SMILES string of the molecule is CC1(C)CCC(CN(CCO)C2CC2)C1=O. The Labute approximate surface area is 97.8 Å². The predicted octanol–water partition coefficient (Wildman–Crippen LogP) is 1.45. The van der Waals surface area contributed by atoms with Crippen LogP contribution in [0.3, 0.4) is 0 Å². The lowest BCUT2D eigenvalue weighted by molar-refractivity contribution is -0.128. The van der Waals surface area contributed by atoms with Crippen molar-refractivity contribution >= 4 is 5.78 Å². The summed E-state index contributed by atoms with van der Waals surface area (Å²) in [6.07, 6.45) is 4.53. The summed E-state index contributed by atoms with van der Waals surface area (Å²) in [5.41, 5.74) is -0.112. The zero-order valence-electron chi connectivity index (χ0n) is 10.4. The zero-order valence-corrected chi connectivity index (χ0v) is 10.4. The van der Waals surface area contributed by atoms with E-state index in [1.165, 1.54) is 12.8 Å². The minimum absolute atomic E-state index is 0.112. The highest BCUT2D eigenvalue weighted by Crippen LogP contribution is 2.39. The van der Waals surface area contributed by atoms with E-state index in [1.807, 2.05) is 0 Å². The number of hydrogen-bond acceptors (Lipinski definition) is 3. The number of hydrogen-bond donors (Lipinski definition) is 1. The molecular formula is C13H23NO2. The van der Waals surface area contributed by atoms with Crippen molar-refractivity contribution in [2.24, 2.45) is 11.3 Å². The van der Waals surface area contributed by atoms with Gasteiger partial charge in [0, 0.05) is 30.5 Å². The Morgan fingerprint density at radius 1 is 1.38 bits per heavy atom. The first kappa shape index (κ1) is 12.1. The number of carbonyl (C=O) groups is 1. The molecule has 2 fully saturated rings. The molecule has 0 radical (unpaired) electrons. The van der Waals surface area contributed by atoms with Crippen molar-refractivity contribution in [1.82, 2.24) is 4.90 Å². The number of aliphatic hydroxyl groups is 1. The van der Waals surface area contributed by atoms with E-state index in [4.69, 9.17) is 5.11 Å². The highest BCUT2D eigenvalue weighted by molar-refractivity contribution is 5.88. The van der Waals surface area contributed by atoms with Crippen molar-refractivity contribution in [3.05, 3.63) is 0 Å². The summed E-state index contributed by atoms with van der Waals surface area (Å²) in [4.78, 5) is 14.4. The second-order valence-corrected chi connectivity index (χ2v) is 5.93. The highest BCUT2D eigenvalue weighted by atomic mass is 16.3. The maximum absolute atomic E-state index is 12.1. The Bertz CT molecular complexity index is 271. The van der Waals surface area contributed by atoms with Crippen LogP contribution in [-0.4, -0.2) is 41.5 Å². The molecule has 0 aromatic heterocycles. The first-order valence-corrected chi connectivity index (χ1v) is 6.44. The van der Waals surface area contributed by atoms with E-state index in [-0.39, 0.29) is 17.9 Å². The van der Waals surface area contributed by atoms with Crippen LogP contribution in [0, 0.1) is 11.3 Å². The van der Waals surface area contributed by atoms with Gasteiger partial charge in [0.25, 0.3) is 0 Å². The first-order valence-electron chi connectivity index (χ1n) is 6.44. The number of aliphatic hydroxyl groups excluding tert-OH is 1. The fraction of sp³-hybridized carbons (Fsp3) is 0.923. The van der Waals surface area contributed by atoms with Gasteiger partial charge in [-0.05, 0) is 25.7 Å². The molecule has 2 aliphatic carbocycles. The number of nitrogens with zero attached hydrogens (tertiary/aromatic N) is 1. The van der Waals surface area contributed by atoms with Crippen LogP contribution in [0.15, 0.2) is 0 Å². The third kappa shape index (κ3) is 2.46. The van der Waals surface area contributed by atoms with Crippen LogP contribution in [-0.2, 0) is 4.79 Å². The topological polar surface area (TPSA) is 40.5 Å². The number of Topliss-reactive ketones (excluding diaryl/α,β-unsaturated/α-hetero) is 1. The molecule has 92 valence electrons. The molecule has 0 aromatic carbocycles. The largest absolute Gasteiger partial charge is 0.395 e. The average molecular weight is 225 g/mol. The van der Waals surface area contributed by atoms with Gasteiger partial charge in [0.1, 0.15) is 5.78 Å². The van der Waals surface area contributed by atoms with Gasteiger partial charge in [-0.25, -0.2) is 0 Å². The van der Waals surface area contributed by atoms with Crippen LogP contribution in [0.4, 0.5) is 0 Å². The predicted molar refractivity (Wildman–Crippen MR) is 63.2 cm³/mol. The molecule has 3 heteroatoms. The fourth-order valence-electron chi connectivity index (χ4n) is 2.79. The summed E-state index contributed by atoms with van der Waals surface area (Å²) in [5.74, 6) is 0.637. The van der Waals surface area contributed by atoms with Gasteiger partial charge < -0.3 is 5.11 Å². The monoisotopic (exact) mass is 225 g/mol.